The Labute approximate surface area is 331 Å². The highest BCUT2D eigenvalue weighted by molar-refractivity contribution is 5.91. The number of aliphatic hydroxyl groups is 1. The first-order valence-electron chi connectivity index (χ1n) is 18.6. The van der Waals surface area contributed by atoms with E-state index in [0.29, 0.717) is 46.7 Å². The van der Waals surface area contributed by atoms with E-state index in [0.717, 1.165) is 26.4 Å². The van der Waals surface area contributed by atoms with Crippen molar-refractivity contribution in [3.05, 3.63) is 34.4 Å². The molecule has 5 fully saturated rings. The molecule has 7 nitrogen and oxygen atoms in total. The number of hydrogen-bond acceptors (Lipinski definition) is 6. The molecule has 1 aromatic rings. The maximum Gasteiger partial charge on any atom is 0.269 e. The molecule has 9 atom stereocenters. The average Bonchev–Trinajstić information content (AvgIpc) is 3.54. The molecule has 0 aromatic heterocycles. The van der Waals surface area contributed by atoms with E-state index < -0.39 is 4.92 Å². The predicted molar refractivity (Wildman–Crippen MR) is 229 cm³/mol. The summed E-state index contributed by atoms with van der Waals surface area (Å²) in [6, 6.07) is 6.26. The summed E-state index contributed by atoms with van der Waals surface area (Å²) in [6.07, 6.45) is 37.3. The monoisotopic (exact) mass is 749 g/mol. The van der Waals surface area contributed by atoms with Gasteiger partial charge < -0.3 is 14.6 Å². The Morgan fingerprint density at radius 2 is 1.41 bits per heavy atom. The summed E-state index contributed by atoms with van der Waals surface area (Å²) in [4.78, 5) is 28.4. The van der Waals surface area contributed by atoms with Crippen LogP contribution in [0, 0.1) is 111 Å². The molecule has 0 radical (unpaired) electrons. The second-order valence-corrected chi connectivity index (χ2v) is 16.8. The van der Waals surface area contributed by atoms with Crippen molar-refractivity contribution in [3.8, 4) is 44.3 Å². The van der Waals surface area contributed by atoms with Gasteiger partial charge in [-0.15, -0.1) is 38.5 Å². The van der Waals surface area contributed by atoms with Crippen molar-refractivity contribution in [1.82, 2.24) is 0 Å². The third-order valence-corrected chi connectivity index (χ3v) is 15.0. The number of non-ortho nitro benzene ring substituents is 1. The van der Waals surface area contributed by atoms with Crippen LogP contribution >= 0.6 is 0 Å². The molecule has 0 bridgehead atoms. The van der Waals surface area contributed by atoms with Crippen LogP contribution in [0.5, 0.6) is 5.75 Å². The van der Waals surface area contributed by atoms with Gasteiger partial charge in [-0.25, -0.2) is 0 Å². The zero-order chi connectivity index (χ0) is 39.0. The molecule has 6 rings (SSSR count). The predicted octanol–water partition coefficient (Wildman–Crippen LogP) is 11.6. The number of aliphatic hydroxyl groups excluding tert-OH is 1. The Morgan fingerprint density at radius 3 is 1.93 bits per heavy atom. The largest absolute Gasteiger partial charge is 0.471 e. The Kier molecular flexibility index (Phi) is 20.3. The zero-order valence-electron chi connectivity index (χ0n) is 32.6. The van der Waals surface area contributed by atoms with Gasteiger partial charge >= 0.3 is 0 Å². The maximum atomic E-state index is 12.8. The first-order chi connectivity index (χ1) is 24.2. The standard InChI is InChI=1S/C37H54N2O4.3C2H2.CH4O.3CH4/c1-24(2)27-14-19-37(22-40)21-20-35(6)28(32(27)37)12-13-30-34(5)17-16-31(33(3,4)29(34)15-18-36(30,35)7)38-23-43-26-10-8-25(9-11-26)39(41)42;4*1-2;;;/h8-11,22,24,27-30,32H,12-21,23H2,1-7H3;3*1-2H;2H,1H3;3*1H4/b38-31-;;;;;;;/t27?,28-,29?,30?,32?,34+,35-,36-,37-;;;;;;;/m1......./s1. The molecule has 5 aliphatic rings. The van der Waals surface area contributed by atoms with Crippen molar-refractivity contribution < 1.29 is 19.6 Å². The number of aliphatic imine (C=N–C) groups is 1. The van der Waals surface area contributed by atoms with Crippen LogP contribution in [0.1, 0.15) is 135 Å². The molecule has 4 unspecified atom stereocenters. The molecule has 5 saturated carbocycles. The second kappa shape index (κ2) is 20.9. The minimum atomic E-state index is -0.392. The van der Waals surface area contributed by atoms with Crippen LogP contribution in [0.15, 0.2) is 29.3 Å². The number of terminal acetylenes is 3. The number of nitro benzene ring substituents is 1. The van der Waals surface area contributed by atoms with Crippen LogP contribution in [0.2, 0.25) is 0 Å². The number of nitrogens with zero attached hydrogens (tertiary/aromatic N) is 2. The van der Waals surface area contributed by atoms with Crippen molar-refractivity contribution in [3.63, 3.8) is 0 Å². The normalized spacial score (nSPS) is 35.4. The Hall–Kier alpha value is -3.60. The SMILES string of the molecule is C.C.C.C#C.C#C.C#C.CC(C)C1CC[C@]2(C=O)CC[C@]3(C)[C@H](CCC4[C@@]5(C)CC/C(=N/COc6ccc([N+](=O)[O-])cc6)C(C)(C)C5CC[C@]43C)C12.CO. The Bertz CT molecular complexity index is 1410. The highest BCUT2D eigenvalue weighted by Crippen LogP contribution is 2.77. The summed E-state index contributed by atoms with van der Waals surface area (Å²) in [5.74, 6) is 4.44. The van der Waals surface area contributed by atoms with Crippen molar-refractivity contribution in [2.75, 3.05) is 13.8 Å². The van der Waals surface area contributed by atoms with E-state index in [2.05, 4.69) is 87.0 Å². The van der Waals surface area contributed by atoms with Crippen LogP contribution in [0.4, 0.5) is 5.69 Å². The highest BCUT2D eigenvalue weighted by Gasteiger charge is 2.70. The van der Waals surface area contributed by atoms with E-state index in [-0.39, 0.29) is 56.4 Å². The first-order valence-corrected chi connectivity index (χ1v) is 18.6. The minimum Gasteiger partial charge on any atom is -0.471 e. The number of rotatable bonds is 6. The number of aldehydes is 1. The Balaban J connectivity index is 0. The van der Waals surface area contributed by atoms with Crippen LogP contribution in [-0.2, 0) is 4.79 Å². The van der Waals surface area contributed by atoms with E-state index in [1.54, 1.807) is 12.1 Å². The highest BCUT2D eigenvalue weighted by atomic mass is 16.6. The average molecular weight is 749 g/mol. The van der Waals surface area contributed by atoms with Crippen molar-refractivity contribution in [1.29, 1.82) is 0 Å². The maximum absolute atomic E-state index is 12.8. The molecule has 1 aromatic carbocycles. The summed E-state index contributed by atoms with van der Waals surface area (Å²) in [5, 5.41) is 18.0. The van der Waals surface area contributed by atoms with Gasteiger partial charge in [0.1, 0.15) is 12.0 Å². The summed E-state index contributed by atoms with van der Waals surface area (Å²) in [7, 11) is 1.00. The lowest BCUT2D eigenvalue weighted by Gasteiger charge is -2.72. The lowest BCUT2D eigenvalue weighted by atomic mass is 9.32. The zero-order valence-corrected chi connectivity index (χ0v) is 32.6. The third kappa shape index (κ3) is 8.61. The molecule has 1 N–H and O–H groups in total. The number of carbonyl (C=O) groups excluding carboxylic acids is 1. The van der Waals surface area contributed by atoms with Gasteiger partial charge in [0.05, 0.1) is 4.92 Å². The Morgan fingerprint density at radius 1 is 0.833 bits per heavy atom. The molecular formula is C47H76N2O5. The van der Waals surface area contributed by atoms with Crippen LogP contribution < -0.4 is 4.74 Å². The molecule has 0 amide bonds. The number of nitro groups is 1. The van der Waals surface area contributed by atoms with Crippen molar-refractivity contribution in [2.45, 2.75) is 135 Å². The van der Waals surface area contributed by atoms with Gasteiger partial charge in [0.25, 0.3) is 5.69 Å². The fourth-order valence-electron chi connectivity index (χ4n) is 12.6. The third-order valence-electron chi connectivity index (χ3n) is 15.0. The van der Waals surface area contributed by atoms with Crippen LogP contribution in [0.25, 0.3) is 0 Å². The van der Waals surface area contributed by atoms with Gasteiger partial charge in [-0.3, -0.25) is 15.1 Å². The molecule has 7 heteroatoms. The fourth-order valence-corrected chi connectivity index (χ4v) is 12.6. The number of carbonyl (C=O) groups is 1. The van der Waals surface area contributed by atoms with Gasteiger partial charge in [-0.2, -0.15) is 0 Å². The molecule has 0 spiro atoms. The number of benzene rings is 1. The number of fused-ring (bicyclic) bond motifs is 7. The van der Waals surface area contributed by atoms with Gasteiger partial charge in [0.2, 0.25) is 0 Å². The molecule has 54 heavy (non-hydrogen) atoms. The van der Waals surface area contributed by atoms with E-state index in [4.69, 9.17) is 14.8 Å². The van der Waals surface area contributed by atoms with E-state index in [9.17, 15) is 14.9 Å². The van der Waals surface area contributed by atoms with Crippen LogP contribution in [0.3, 0.4) is 0 Å². The first kappa shape index (κ1) is 52.5. The molecule has 0 heterocycles. The summed E-state index contributed by atoms with van der Waals surface area (Å²) >= 11 is 0. The molecule has 5 aliphatic carbocycles. The molecule has 0 saturated heterocycles. The molecular weight excluding hydrogens is 673 g/mol. The van der Waals surface area contributed by atoms with Gasteiger partial charge in [0, 0.05) is 35.8 Å². The smallest absolute Gasteiger partial charge is 0.269 e. The topological polar surface area (TPSA) is 102 Å². The second-order valence-electron chi connectivity index (χ2n) is 16.8. The lowest BCUT2D eigenvalue weighted by Crippen LogP contribution is -2.66. The van der Waals surface area contributed by atoms with E-state index in [1.165, 1.54) is 69.1 Å². The molecule has 304 valence electrons. The lowest BCUT2D eigenvalue weighted by molar-refractivity contribution is -0.384. The van der Waals surface area contributed by atoms with Crippen molar-refractivity contribution >= 4 is 17.7 Å². The molecule has 0 aliphatic heterocycles. The van der Waals surface area contributed by atoms with E-state index in [1.807, 2.05) is 0 Å². The summed E-state index contributed by atoms with van der Waals surface area (Å²) in [6.45, 7) is 17.8. The van der Waals surface area contributed by atoms with Crippen LogP contribution in [-0.4, -0.2) is 35.9 Å². The van der Waals surface area contributed by atoms with Crippen molar-refractivity contribution in [2.24, 2.45) is 67.6 Å². The number of ether oxygens (including phenoxy) is 1. The number of hydrogen-bond donors (Lipinski definition) is 1. The summed E-state index contributed by atoms with van der Waals surface area (Å²) in [5.41, 5.74) is 2.11. The van der Waals surface area contributed by atoms with E-state index >= 15 is 0 Å². The van der Waals surface area contributed by atoms with Gasteiger partial charge in [-0.1, -0.05) is 70.7 Å². The van der Waals surface area contributed by atoms with Gasteiger partial charge in [-0.05, 0) is 128 Å². The van der Waals surface area contributed by atoms with Gasteiger partial charge in [0.15, 0.2) is 6.73 Å². The minimum absolute atomic E-state index is 0. The fraction of sp³-hybridized carbons (Fsp3) is 0.702. The quantitative estimate of drug-likeness (QED) is 0.135. The summed E-state index contributed by atoms with van der Waals surface area (Å²) < 4.78 is 5.91.